The second-order valence-corrected chi connectivity index (χ2v) is 3.15. The normalized spacial score (nSPS) is 10.0. The Hall–Kier alpha value is -0.470. The van der Waals surface area contributed by atoms with Crippen LogP contribution < -0.4 is 5.32 Å². The molecule has 1 N–H and O–H groups in total. The minimum absolute atomic E-state index is 0. The Morgan fingerprint density at radius 2 is 2.17 bits per heavy atom. The molecule has 2 nitrogen and oxygen atoms in total. The Morgan fingerprint density at radius 1 is 1.50 bits per heavy atom. The van der Waals surface area contributed by atoms with Gasteiger partial charge in [-0.15, -0.1) is 12.4 Å². The highest BCUT2D eigenvalue weighted by Crippen LogP contribution is 1.98. The molecule has 3 heteroatoms. The summed E-state index contributed by atoms with van der Waals surface area (Å²) in [6, 6.07) is 4.76. The van der Waals surface area contributed by atoms with Crippen LogP contribution in [0.5, 0.6) is 0 Å². The molecule has 0 amide bonds. The van der Waals surface area contributed by atoms with E-state index < -0.39 is 0 Å². The number of aryl methyl sites for hydroxylation is 1. The maximum absolute atomic E-state index is 3.37. The molecule has 0 aliphatic rings. The SMILES string of the molecule is CC(C)NCc1cccn1C.Cl. The molecule has 0 saturated heterocycles. The lowest BCUT2D eigenvalue weighted by Crippen LogP contribution is -2.22. The molecule has 1 aromatic heterocycles. The van der Waals surface area contributed by atoms with Crippen LogP contribution in [0.15, 0.2) is 18.3 Å². The maximum Gasteiger partial charge on any atom is 0.0361 e. The van der Waals surface area contributed by atoms with Crippen molar-refractivity contribution in [2.45, 2.75) is 26.4 Å². The Balaban J connectivity index is 0.00000121. The minimum Gasteiger partial charge on any atom is -0.353 e. The van der Waals surface area contributed by atoms with E-state index in [-0.39, 0.29) is 12.4 Å². The summed E-state index contributed by atoms with van der Waals surface area (Å²) in [6.07, 6.45) is 2.07. The highest BCUT2D eigenvalue weighted by molar-refractivity contribution is 5.85. The largest absolute Gasteiger partial charge is 0.353 e. The quantitative estimate of drug-likeness (QED) is 0.768. The van der Waals surface area contributed by atoms with Crippen molar-refractivity contribution in [1.82, 2.24) is 9.88 Å². The third kappa shape index (κ3) is 3.28. The first kappa shape index (κ1) is 11.5. The predicted octanol–water partition coefficient (Wildman–Crippen LogP) is 1.94. The van der Waals surface area contributed by atoms with E-state index in [1.165, 1.54) is 5.69 Å². The molecule has 0 radical (unpaired) electrons. The van der Waals surface area contributed by atoms with Crippen LogP contribution in [0.4, 0.5) is 0 Å². The van der Waals surface area contributed by atoms with Crippen LogP contribution in [0.1, 0.15) is 19.5 Å². The van der Waals surface area contributed by atoms with Crippen LogP contribution in [0.3, 0.4) is 0 Å². The van der Waals surface area contributed by atoms with Gasteiger partial charge in [0.15, 0.2) is 0 Å². The van der Waals surface area contributed by atoms with Gasteiger partial charge in [0.2, 0.25) is 0 Å². The van der Waals surface area contributed by atoms with Gasteiger partial charge in [0, 0.05) is 31.5 Å². The Morgan fingerprint density at radius 3 is 2.58 bits per heavy atom. The first-order valence-electron chi connectivity index (χ1n) is 4.03. The number of halogens is 1. The summed E-state index contributed by atoms with van der Waals surface area (Å²) >= 11 is 0. The number of aromatic nitrogens is 1. The number of hydrogen-bond acceptors (Lipinski definition) is 1. The number of nitrogens with zero attached hydrogens (tertiary/aromatic N) is 1. The van der Waals surface area contributed by atoms with Gasteiger partial charge in [-0.25, -0.2) is 0 Å². The predicted molar refractivity (Wildman–Crippen MR) is 54.6 cm³/mol. The van der Waals surface area contributed by atoms with E-state index in [9.17, 15) is 0 Å². The van der Waals surface area contributed by atoms with Crippen molar-refractivity contribution < 1.29 is 0 Å². The number of rotatable bonds is 3. The van der Waals surface area contributed by atoms with Gasteiger partial charge in [0.05, 0.1) is 0 Å². The Kier molecular flexibility index (Phi) is 5.02. The smallest absolute Gasteiger partial charge is 0.0361 e. The Bertz CT molecular complexity index is 218. The Labute approximate surface area is 80.4 Å². The van der Waals surface area contributed by atoms with Gasteiger partial charge in [-0.2, -0.15) is 0 Å². The van der Waals surface area contributed by atoms with E-state index in [0.717, 1.165) is 6.54 Å². The fourth-order valence-electron chi connectivity index (χ4n) is 0.989. The fraction of sp³-hybridized carbons (Fsp3) is 0.556. The van der Waals surface area contributed by atoms with Gasteiger partial charge in [0.25, 0.3) is 0 Å². The lowest BCUT2D eigenvalue weighted by Gasteiger charge is -2.08. The average molecular weight is 189 g/mol. The highest BCUT2D eigenvalue weighted by atomic mass is 35.5. The summed E-state index contributed by atoms with van der Waals surface area (Å²) in [4.78, 5) is 0. The third-order valence-corrected chi connectivity index (χ3v) is 1.74. The molecule has 0 atom stereocenters. The molecule has 1 rings (SSSR count). The van der Waals surface area contributed by atoms with Crippen molar-refractivity contribution in [3.05, 3.63) is 24.0 Å². The van der Waals surface area contributed by atoms with Crippen molar-refractivity contribution in [2.24, 2.45) is 7.05 Å². The van der Waals surface area contributed by atoms with Gasteiger partial charge in [-0.3, -0.25) is 0 Å². The van der Waals surface area contributed by atoms with E-state index in [2.05, 4.69) is 49.1 Å². The molecule has 0 fully saturated rings. The number of nitrogens with one attached hydrogen (secondary N) is 1. The summed E-state index contributed by atoms with van der Waals surface area (Å²) in [5.74, 6) is 0. The van der Waals surface area contributed by atoms with E-state index >= 15 is 0 Å². The molecule has 0 bridgehead atoms. The molecule has 0 aromatic carbocycles. The van der Waals surface area contributed by atoms with Crippen LogP contribution >= 0.6 is 12.4 Å². The fourth-order valence-corrected chi connectivity index (χ4v) is 0.989. The maximum atomic E-state index is 3.37. The molecule has 12 heavy (non-hydrogen) atoms. The van der Waals surface area contributed by atoms with Crippen LogP contribution in [0.2, 0.25) is 0 Å². The zero-order chi connectivity index (χ0) is 8.27. The molecule has 1 heterocycles. The lowest BCUT2D eigenvalue weighted by molar-refractivity contribution is 0.571. The van der Waals surface area contributed by atoms with E-state index in [4.69, 9.17) is 0 Å². The topological polar surface area (TPSA) is 17.0 Å². The number of hydrogen-bond donors (Lipinski definition) is 1. The summed E-state index contributed by atoms with van der Waals surface area (Å²) in [5, 5.41) is 3.37. The van der Waals surface area contributed by atoms with Gasteiger partial charge >= 0.3 is 0 Å². The highest BCUT2D eigenvalue weighted by Gasteiger charge is 1.96. The molecular formula is C9H17ClN2. The lowest BCUT2D eigenvalue weighted by atomic mass is 10.3. The summed E-state index contributed by atoms with van der Waals surface area (Å²) in [5.41, 5.74) is 1.33. The zero-order valence-corrected chi connectivity index (χ0v) is 8.69. The summed E-state index contributed by atoms with van der Waals surface area (Å²) < 4.78 is 2.13. The summed E-state index contributed by atoms with van der Waals surface area (Å²) in [6.45, 7) is 5.27. The molecular weight excluding hydrogens is 172 g/mol. The van der Waals surface area contributed by atoms with E-state index in [1.54, 1.807) is 0 Å². The molecule has 0 saturated carbocycles. The van der Waals surface area contributed by atoms with Gasteiger partial charge < -0.3 is 9.88 Å². The molecule has 0 aliphatic carbocycles. The monoisotopic (exact) mass is 188 g/mol. The summed E-state index contributed by atoms with van der Waals surface area (Å²) in [7, 11) is 2.07. The minimum atomic E-state index is 0. The first-order valence-corrected chi connectivity index (χ1v) is 4.03. The van der Waals surface area contributed by atoms with E-state index in [1.807, 2.05) is 0 Å². The average Bonchev–Trinajstić information content (AvgIpc) is 2.31. The second kappa shape index (κ2) is 5.22. The van der Waals surface area contributed by atoms with E-state index in [0.29, 0.717) is 6.04 Å². The molecule has 70 valence electrons. The molecule has 0 spiro atoms. The van der Waals surface area contributed by atoms with Gasteiger partial charge in [0.1, 0.15) is 0 Å². The van der Waals surface area contributed by atoms with Crippen molar-refractivity contribution in [3.63, 3.8) is 0 Å². The van der Waals surface area contributed by atoms with Gasteiger partial charge in [-0.05, 0) is 12.1 Å². The van der Waals surface area contributed by atoms with Crippen molar-refractivity contribution in [2.75, 3.05) is 0 Å². The first-order chi connectivity index (χ1) is 5.20. The molecule has 0 aliphatic heterocycles. The van der Waals surface area contributed by atoms with Crippen molar-refractivity contribution >= 4 is 12.4 Å². The van der Waals surface area contributed by atoms with Crippen LogP contribution in [-0.4, -0.2) is 10.6 Å². The van der Waals surface area contributed by atoms with Crippen LogP contribution in [0, 0.1) is 0 Å². The molecule has 1 aromatic rings. The van der Waals surface area contributed by atoms with Crippen LogP contribution in [0.25, 0.3) is 0 Å². The van der Waals surface area contributed by atoms with Gasteiger partial charge in [-0.1, -0.05) is 13.8 Å². The standard InChI is InChI=1S/C9H16N2.ClH/c1-8(2)10-7-9-5-4-6-11(9)3;/h4-6,8,10H,7H2,1-3H3;1H. The third-order valence-electron chi connectivity index (χ3n) is 1.74. The van der Waals surface area contributed by atoms with Crippen molar-refractivity contribution in [1.29, 1.82) is 0 Å². The zero-order valence-electron chi connectivity index (χ0n) is 7.87. The van der Waals surface area contributed by atoms with Crippen molar-refractivity contribution in [3.8, 4) is 0 Å². The second-order valence-electron chi connectivity index (χ2n) is 3.15. The van der Waals surface area contributed by atoms with Crippen LogP contribution in [-0.2, 0) is 13.6 Å². The molecule has 0 unspecified atom stereocenters.